The summed E-state index contributed by atoms with van der Waals surface area (Å²) in [4.78, 5) is 0. The molecule has 0 aliphatic rings. The van der Waals surface area contributed by atoms with Gasteiger partial charge in [0.2, 0.25) is 0 Å². The standard InChI is InChI=1S/C14H21F2NO/c1-11(17-8-4-2-3-5-9-18)13-10-12(15)6-7-14(13)16/h6-7,10-11,17-18H,2-5,8-9H2,1H3. The lowest BCUT2D eigenvalue weighted by Crippen LogP contribution is -2.21. The summed E-state index contributed by atoms with van der Waals surface area (Å²) in [5.74, 6) is -0.792. The number of halogens is 2. The van der Waals surface area contributed by atoms with Crippen molar-refractivity contribution < 1.29 is 13.9 Å². The van der Waals surface area contributed by atoms with Crippen LogP contribution in [0.5, 0.6) is 0 Å². The predicted molar refractivity (Wildman–Crippen MR) is 68.3 cm³/mol. The highest BCUT2D eigenvalue weighted by Crippen LogP contribution is 2.17. The number of hydrogen-bond donors (Lipinski definition) is 2. The van der Waals surface area contributed by atoms with Crippen molar-refractivity contribution in [3.05, 3.63) is 35.4 Å². The Morgan fingerprint density at radius 3 is 2.61 bits per heavy atom. The van der Waals surface area contributed by atoms with Crippen LogP contribution in [0.4, 0.5) is 8.78 Å². The number of hydrogen-bond acceptors (Lipinski definition) is 2. The third-order valence-electron chi connectivity index (χ3n) is 2.96. The fourth-order valence-electron chi connectivity index (χ4n) is 1.87. The molecule has 2 nitrogen and oxygen atoms in total. The molecule has 4 heteroatoms. The zero-order chi connectivity index (χ0) is 13.4. The Balaban J connectivity index is 2.31. The molecule has 0 spiro atoms. The summed E-state index contributed by atoms with van der Waals surface area (Å²) in [6.45, 7) is 2.83. The first-order chi connectivity index (χ1) is 8.65. The minimum absolute atomic E-state index is 0.196. The van der Waals surface area contributed by atoms with Crippen LogP contribution in [0.25, 0.3) is 0 Å². The Hall–Kier alpha value is -1.00. The lowest BCUT2D eigenvalue weighted by atomic mass is 10.1. The van der Waals surface area contributed by atoms with Crippen molar-refractivity contribution in [3.63, 3.8) is 0 Å². The largest absolute Gasteiger partial charge is 0.396 e. The van der Waals surface area contributed by atoms with E-state index in [0.717, 1.165) is 44.4 Å². The van der Waals surface area contributed by atoms with E-state index in [-0.39, 0.29) is 18.5 Å². The molecule has 0 saturated carbocycles. The van der Waals surface area contributed by atoms with Crippen molar-refractivity contribution in [1.82, 2.24) is 5.32 Å². The Bertz CT molecular complexity index is 358. The van der Waals surface area contributed by atoms with Crippen LogP contribution in [0.2, 0.25) is 0 Å². The van der Waals surface area contributed by atoms with E-state index >= 15 is 0 Å². The van der Waals surface area contributed by atoms with Gasteiger partial charge < -0.3 is 10.4 Å². The van der Waals surface area contributed by atoms with Crippen molar-refractivity contribution in [1.29, 1.82) is 0 Å². The minimum Gasteiger partial charge on any atom is -0.396 e. The number of unbranched alkanes of at least 4 members (excludes halogenated alkanes) is 3. The average molecular weight is 257 g/mol. The summed E-state index contributed by atoms with van der Waals surface area (Å²) in [6.07, 6.45) is 3.84. The number of aliphatic hydroxyl groups is 1. The lowest BCUT2D eigenvalue weighted by Gasteiger charge is -2.15. The maximum Gasteiger partial charge on any atom is 0.128 e. The molecule has 0 aliphatic heterocycles. The number of benzene rings is 1. The summed E-state index contributed by atoms with van der Waals surface area (Å²) >= 11 is 0. The van der Waals surface area contributed by atoms with Gasteiger partial charge in [-0.1, -0.05) is 12.8 Å². The van der Waals surface area contributed by atoms with Crippen LogP contribution in [0.15, 0.2) is 18.2 Å². The molecule has 1 rings (SSSR count). The van der Waals surface area contributed by atoms with Crippen LogP contribution < -0.4 is 5.32 Å². The van der Waals surface area contributed by atoms with E-state index in [1.807, 2.05) is 6.92 Å². The highest BCUT2D eigenvalue weighted by Gasteiger charge is 2.10. The van der Waals surface area contributed by atoms with E-state index in [0.29, 0.717) is 5.56 Å². The molecule has 18 heavy (non-hydrogen) atoms. The van der Waals surface area contributed by atoms with Crippen molar-refractivity contribution in [2.24, 2.45) is 0 Å². The SMILES string of the molecule is CC(NCCCCCCO)c1cc(F)ccc1F. The van der Waals surface area contributed by atoms with Gasteiger partial charge in [0.25, 0.3) is 0 Å². The van der Waals surface area contributed by atoms with E-state index in [1.165, 1.54) is 6.07 Å². The molecule has 1 unspecified atom stereocenters. The smallest absolute Gasteiger partial charge is 0.128 e. The van der Waals surface area contributed by atoms with Gasteiger partial charge in [0.15, 0.2) is 0 Å². The molecule has 0 aliphatic carbocycles. The van der Waals surface area contributed by atoms with Crippen molar-refractivity contribution in [2.45, 2.75) is 38.6 Å². The number of rotatable bonds is 8. The van der Waals surface area contributed by atoms with E-state index < -0.39 is 5.82 Å². The van der Waals surface area contributed by atoms with Crippen LogP contribution >= 0.6 is 0 Å². The van der Waals surface area contributed by atoms with E-state index in [2.05, 4.69) is 5.32 Å². The average Bonchev–Trinajstić information content (AvgIpc) is 2.36. The Labute approximate surface area is 107 Å². The van der Waals surface area contributed by atoms with Gasteiger partial charge in [-0.2, -0.15) is 0 Å². The summed E-state index contributed by atoms with van der Waals surface area (Å²) in [6, 6.07) is 3.32. The molecular formula is C14H21F2NO. The zero-order valence-electron chi connectivity index (χ0n) is 10.8. The maximum absolute atomic E-state index is 13.5. The van der Waals surface area contributed by atoms with Gasteiger partial charge in [0, 0.05) is 18.2 Å². The van der Waals surface area contributed by atoms with E-state index in [1.54, 1.807) is 0 Å². The predicted octanol–water partition coefficient (Wildman–Crippen LogP) is 3.17. The summed E-state index contributed by atoms with van der Waals surface area (Å²) < 4.78 is 26.5. The molecule has 0 heterocycles. The summed E-state index contributed by atoms with van der Waals surface area (Å²) in [5.41, 5.74) is 0.366. The molecule has 0 fully saturated rings. The molecule has 0 aromatic heterocycles. The van der Waals surface area contributed by atoms with Gasteiger partial charge in [-0.25, -0.2) is 8.78 Å². The Morgan fingerprint density at radius 1 is 1.17 bits per heavy atom. The van der Waals surface area contributed by atoms with Gasteiger partial charge in [-0.05, 0) is 44.5 Å². The van der Waals surface area contributed by atoms with Crippen LogP contribution in [0.1, 0.15) is 44.2 Å². The van der Waals surface area contributed by atoms with Gasteiger partial charge in [-0.15, -0.1) is 0 Å². The molecule has 1 aromatic rings. The number of nitrogens with one attached hydrogen (secondary N) is 1. The van der Waals surface area contributed by atoms with Crippen LogP contribution in [-0.4, -0.2) is 18.3 Å². The van der Waals surface area contributed by atoms with Gasteiger partial charge in [0.1, 0.15) is 11.6 Å². The van der Waals surface area contributed by atoms with Gasteiger partial charge >= 0.3 is 0 Å². The molecule has 0 saturated heterocycles. The maximum atomic E-state index is 13.5. The van der Waals surface area contributed by atoms with Crippen molar-refractivity contribution >= 4 is 0 Å². The number of aliphatic hydroxyl groups excluding tert-OH is 1. The van der Waals surface area contributed by atoms with Crippen molar-refractivity contribution in [3.8, 4) is 0 Å². The third kappa shape index (κ3) is 5.10. The quantitative estimate of drug-likeness (QED) is 0.701. The van der Waals surface area contributed by atoms with Crippen LogP contribution in [0, 0.1) is 11.6 Å². The first-order valence-corrected chi connectivity index (χ1v) is 6.44. The molecule has 1 aromatic carbocycles. The normalized spacial score (nSPS) is 12.7. The third-order valence-corrected chi connectivity index (χ3v) is 2.96. The molecular weight excluding hydrogens is 236 g/mol. The fraction of sp³-hybridized carbons (Fsp3) is 0.571. The Kier molecular flexibility index (Phi) is 6.83. The van der Waals surface area contributed by atoms with Crippen LogP contribution in [0.3, 0.4) is 0 Å². The second kappa shape index (κ2) is 8.16. The molecule has 0 amide bonds. The first kappa shape index (κ1) is 15.1. The van der Waals surface area contributed by atoms with Crippen LogP contribution in [-0.2, 0) is 0 Å². The molecule has 102 valence electrons. The highest BCUT2D eigenvalue weighted by atomic mass is 19.1. The molecule has 0 radical (unpaired) electrons. The molecule has 0 bridgehead atoms. The summed E-state index contributed by atoms with van der Waals surface area (Å²) in [5, 5.41) is 11.8. The molecule has 1 atom stereocenters. The Morgan fingerprint density at radius 2 is 1.89 bits per heavy atom. The second-order valence-corrected chi connectivity index (χ2v) is 4.48. The lowest BCUT2D eigenvalue weighted by molar-refractivity contribution is 0.282. The van der Waals surface area contributed by atoms with Gasteiger partial charge in [-0.3, -0.25) is 0 Å². The second-order valence-electron chi connectivity index (χ2n) is 4.48. The topological polar surface area (TPSA) is 32.3 Å². The van der Waals surface area contributed by atoms with Gasteiger partial charge in [0.05, 0.1) is 0 Å². The van der Waals surface area contributed by atoms with Crippen molar-refractivity contribution in [2.75, 3.05) is 13.2 Å². The summed E-state index contributed by atoms with van der Waals surface area (Å²) in [7, 11) is 0. The zero-order valence-corrected chi connectivity index (χ0v) is 10.8. The molecule has 2 N–H and O–H groups in total. The highest BCUT2D eigenvalue weighted by molar-refractivity contribution is 5.21. The minimum atomic E-state index is -0.414. The van der Waals surface area contributed by atoms with E-state index in [4.69, 9.17) is 5.11 Å². The van der Waals surface area contributed by atoms with E-state index in [9.17, 15) is 8.78 Å². The monoisotopic (exact) mass is 257 g/mol. The first-order valence-electron chi connectivity index (χ1n) is 6.44. The fourth-order valence-corrected chi connectivity index (χ4v) is 1.87.